The summed E-state index contributed by atoms with van der Waals surface area (Å²) in [7, 11) is 0. The van der Waals surface area contributed by atoms with Crippen molar-refractivity contribution in [1.82, 2.24) is 10.2 Å². The number of rotatable bonds is 7. The molecule has 1 saturated heterocycles. The number of amides is 2. The molecule has 3 rings (SSSR count). The molecule has 2 N–H and O–H groups in total. The van der Waals surface area contributed by atoms with Crippen molar-refractivity contribution in [1.29, 1.82) is 0 Å². The third-order valence-electron chi connectivity index (χ3n) is 5.30. The Bertz CT molecular complexity index is 853. The molecule has 1 aliphatic rings. The van der Waals surface area contributed by atoms with Crippen molar-refractivity contribution in [3.8, 4) is 0 Å². The van der Waals surface area contributed by atoms with Gasteiger partial charge in [0.2, 0.25) is 11.8 Å². The number of hydrogen-bond donors (Lipinski definition) is 2. The Morgan fingerprint density at radius 1 is 1.11 bits per heavy atom. The molecule has 28 heavy (non-hydrogen) atoms. The van der Waals surface area contributed by atoms with Gasteiger partial charge < -0.3 is 15.3 Å². The lowest BCUT2D eigenvalue weighted by molar-refractivity contribution is -0.143. The average Bonchev–Trinajstić information content (AvgIpc) is 3.07. The van der Waals surface area contributed by atoms with Crippen LogP contribution in [-0.2, 0) is 26.3 Å². The smallest absolute Gasteiger partial charge is 0.315 e. The zero-order valence-corrected chi connectivity index (χ0v) is 15.8. The van der Waals surface area contributed by atoms with E-state index >= 15 is 0 Å². The number of nitrogens with zero attached hydrogens (tertiary/aromatic N) is 1. The predicted octanol–water partition coefficient (Wildman–Crippen LogP) is 2.19. The van der Waals surface area contributed by atoms with Gasteiger partial charge in [0, 0.05) is 26.1 Å². The number of benzene rings is 2. The Kier molecular flexibility index (Phi) is 5.78. The average molecular weight is 380 g/mol. The first-order valence-electron chi connectivity index (χ1n) is 9.28. The van der Waals surface area contributed by atoms with Crippen LogP contribution in [0.2, 0.25) is 0 Å². The maximum Gasteiger partial charge on any atom is 0.315 e. The lowest BCUT2D eigenvalue weighted by Crippen LogP contribution is -2.46. The van der Waals surface area contributed by atoms with Crippen LogP contribution in [0.15, 0.2) is 60.7 Å². The quantitative estimate of drug-likeness (QED) is 0.771. The SMILES string of the molecule is CC(CNC(=O)C1CC(=O)N(Cc2ccccc2)C1)(C(=O)O)c1ccccc1. The summed E-state index contributed by atoms with van der Waals surface area (Å²) in [6, 6.07) is 18.5. The highest BCUT2D eigenvalue weighted by Gasteiger charge is 2.38. The second kappa shape index (κ2) is 8.25. The number of likely N-dealkylation sites (tertiary alicyclic amines) is 1. The van der Waals surface area contributed by atoms with E-state index in [1.54, 1.807) is 36.1 Å². The summed E-state index contributed by atoms with van der Waals surface area (Å²) in [5, 5.41) is 12.5. The summed E-state index contributed by atoms with van der Waals surface area (Å²) < 4.78 is 0. The Morgan fingerprint density at radius 2 is 1.71 bits per heavy atom. The van der Waals surface area contributed by atoms with Gasteiger partial charge in [0.05, 0.1) is 5.92 Å². The van der Waals surface area contributed by atoms with Crippen LogP contribution >= 0.6 is 0 Å². The molecule has 1 heterocycles. The fourth-order valence-electron chi connectivity index (χ4n) is 3.42. The van der Waals surface area contributed by atoms with E-state index in [1.165, 1.54) is 0 Å². The molecule has 2 aromatic rings. The van der Waals surface area contributed by atoms with Gasteiger partial charge in [-0.15, -0.1) is 0 Å². The van der Waals surface area contributed by atoms with Crippen molar-refractivity contribution < 1.29 is 19.5 Å². The molecule has 146 valence electrons. The minimum Gasteiger partial charge on any atom is -0.481 e. The van der Waals surface area contributed by atoms with Crippen molar-refractivity contribution in [3.63, 3.8) is 0 Å². The Morgan fingerprint density at radius 3 is 2.32 bits per heavy atom. The zero-order valence-electron chi connectivity index (χ0n) is 15.8. The van der Waals surface area contributed by atoms with Gasteiger partial charge >= 0.3 is 5.97 Å². The maximum atomic E-state index is 12.6. The van der Waals surface area contributed by atoms with Crippen molar-refractivity contribution >= 4 is 17.8 Å². The van der Waals surface area contributed by atoms with Crippen molar-refractivity contribution in [2.24, 2.45) is 5.92 Å². The summed E-state index contributed by atoms with van der Waals surface area (Å²) in [6.45, 7) is 2.37. The number of aliphatic carboxylic acids is 1. The van der Waals surface area contributed by atoms with Crippen LogP contribution in [0.1, 0.15) is 24.5 Å². The van der Waals surface area contributed by atoms with E-state index in [0.29, 0.717) is 18.7 Å². The van der Waals surface area contributed by atoms with E-state index in [-0.39, 0.29) is 24.8 Å². The first-order valence-corrected chi connectivity index (χ1v) is 9.28. The lowest BCUT2D eigenvalue weighted by Gasteiger charge is -2.26. The predicted molar refractivity (Wildman–Crippen MR) is 104 cm³/mol. The highest BCUT2D eigenvalue weighted by molar-refractivity contribution is 5.90. The highest BCUT2D eigenvalue weighted by atomic mass is 16.4. The summed E-state index contributed by atoms with van der Waals surface area (Å²) in [6.07, 6.45) is 0.147. The summed E-state index contributed by atoms with van der Waals surface area (Å²) in [4.78, 5) is 38.4. The Balaban J connectivity index is 1.61. The van der Waals surface area contributed by atoms with E-state index in [9.17, 15) is 19.5 Å². The zero-order chi connectivity index (χ0) is 20.1. The molecular weight excluding hydrogens is 356 g/mol. The molecule has 0 aliphatic carbocycles. The number of nitrogens with one attached hydrogen (secondary N) is 1. The maximum absolute atomic E-state index is 12.6. The topological polar surface area (TPSA) is 86.7 Å². The third-order valence-corrected chi connectivity index (χ3v) is 5.30. The minimum atomic E-state index is -1.23. The van der Waals surface area contributed by atoms with Crippen molar-refractivity contribution in [2.45, 2.75) is 25.3 Å². The van der Waals surface area contributed by atoms with Crippen LogP contribution in [0.4, 0.5) is 0 Å². The second-order valence-corrected chi connectivity index (χ2v) is 7.38. The molecule has 0 aromatic heterocycles. The summed E-state index contributed by atoms with van der Waals surface area (Å²) >= 11 is 0. The fourth-order valence-corrected chi connectivity index (χ4v) is 3.42. The van der Waals surface area contributed by atoms with Gasteiger partial charge in [0.1, 0.15) is 5.41 Å². The molecule has 2 atom stereocenters. The molecule has 1 aliphatic heterocycles. The van der Waals surface area contributed by atoms with Gasteiger partial charge in [-0.25, -0.2) is 0 Å². The first kappa shape index (κ1) is 19.6. The van der Waals surface area contributed by atoms with Crippen LogP contribution < -0.4 is 5.32 Å². The number of carbonyl (C=O) groups is 3. The molecule has 2 amide bonds. The van der Waals surface area contributed by atoms with Gasteiger partial charge in [-0.05, 0) is 18.1 Å². The number of hydrogen-bond acceptors (Lipinski definition) is 3. The van der Waals surface area contributed by atoms with Gasteiger partial charge in [0.15, 0.2) is 0 Å². The summed E-state index contributed by atoms with van der Waals surface area (Å²) in [5.41, 5.74) is 0.402. The van der Waals surface area contributed by atoms with Gasteiger partial charge in [0.25, 0.3) is 0 Å². The Labute approximate surface area is 164 Å². The van der Waals surface area contributed by atoms with E-state index in [1.807, 2.05) is 36.4 Å². The molecule has 6 nitrogen and oxygen atoms in total. The first-order chi connectivity index (χ1) is 13.4. The van der Waals surface area contributed by atoms with Crippen LogP contribution in [0.3, 0.4) is 0 Å². The number of carboxylic acids is 1. The summed E-state index contributed by atoms with van der Waals surface area (Å²) in [5.74, 6) is -1.82. The van der Waals surface area contributed by atoms with Crippen LogP contribution in [0.5, 0.6) is 0 Å². The van der Waals surface area contributed by atoms with E-state index in [0.717, 1.165) is 5.56 Å². The molecular formula is C22H24N2O4. The normalized spacial score (nSPS) is 18.5. The molecule has 0 saturated carbocycles. The fraction of sp³-hybridized carbons (Fsp3) is 0.318. The monoisotopic (exact) mass is 380 g/mol. The largest absolute Gasteiger partial charge is 0.481 e. The second-order valence-electron chi connectivity index (χ2n) is 7.38. The lowest BCUT2D eigenvalue weighted by atomic mass is 9.82. The number of carbonyl (C=O) groups excluding carboxylic acids is 2. The van der Waals surface area contributed by atoms with Crippen LogP contribution in [0.25, 0.3) is 0 Å². The molecule has 0 bridgehead atoms. The molecule has 1 fully saturated rings. The standard InChI is InChI=1S/C22H24N2O4/c1-22(21(27)28,18-10-6-3-7-11-18)15-23-20(26)17-12-19(25)24(14-17)13-16-8-4-2-5-9-16/h2-11,17H,12-15H2,1H3,(H,23,26)(H,27,28). The highest BCUT2D eigenvalue weighted by Crippen LogP contribution is 2.25. The molecule has 6 heteroatoms. The molecule has 0 spiro atoms. The minimum absolute atomic E-state index is 0.0332. The van der Waals surface area contributed by atoms with Gasteiger partial charge in [-0.2, -0.15) is 0 Å². The third kappa shape index (κ3) is 4.22. The van der Waals surface area contributed by atoms with Gasteiger partial charge in [-0.3, -0.25) is 14.4 Å². The van der Waals surface area contributed by atoms with Crippen molar-refractivity contribution in [2.75, 3.05) is 13.1 Å². The Hall–Kier alpha value is -3.15. The van der Waals surface area contributed by atoms with Crippen molar-refractivity contribution in [3.05, 3.63) is 71.8 Å². The molecule has 0 radical (unpaired) electrons. The van der Waals surface area contributed by atoms with Gasteiger partial charge in [-0.1, -0.05) is 60.7 Å². The van der Waals surface area contributed by atoms with Crippen LogP contribution in [0, 0.1) is 5.92 Å². The van der Waals surface area contributed by atoms with Crippen LogP contribution in [-0.4, -0.2) is 40.9 Å². The molecule has 2 unspecified atom stereocenters. The molecule has 2 aromatic carbocycles. The van der Waals surface area contributed by atoms with E-state index in [2.05, 4.69) is 5.32 Å². The number of carboxylic acid groups (broad SMARTS) is 1. The van der Waals surface area contributed by atoms with E-state index in [4.69, 9.17) is 0 Å². The van der Waals surface area contributed by atoms with E-state index < -0.39 is 17.3 Å².